The van der Waals surface area contributed by atoms with E-state index in [1.165, 1.54) is 0 Å². The number of hydrogen-bond acceptors (Lipinski definition) is 4. The second-order valence-electron chi connectivity index (χ2n) is 3.14. The second kappa shape index (κ2) is 4.74. The molecule has 5 nitrogen and oxygen atoms in total. The van der Waals surface area contributed by atoms with Crippen LogP contribution in [0, 0.1) is 5.92 Å². The molecule has 1 fully saturated rings. The normalized spacial score (nSPS) is 14.6. The molecule has 78 valence electrons. The standard InChI is InChI=1S/C9H13NO4/c1-2-14-9(13)8(12)10-5-7(11)6-3-4-6/h6H,2-5H2,1H3,(H,10,12). The summed E-state index contributed by atoms with van der Waals surface area (Å²) in [4.78, 5) is 32.9. The summed E-state index contributed by atoms with van der Waals surface area (Å²) < 4.78 is 4.45. The fourth-order valence-corrected chi connectivity index (χ4v) is 0.986. The quantitative estimate of drug-likeness (QED) is 0.496. The molecule has 0 aromatic heterocycles. The lowest BCUT2D eigenvalue weighted by Crippen LogP contribution is -2.36. The van der Waals surface area contributed by atoms with Crippen molar-refractivity contribution in [2.24, 2.45) is 5.92 Å². The average molecular weight is 199 g/mol. The Morgan fingerprint density at radius 2 is 2.00 bits per heavy atom. The van der Waals surface area contributed by atoms with E-state index in [1.807, 2.05) is 0 Å². The zero-order chi connectivity index (χ0) is 10.6. The minimum absolute atomic E-state index is 0.0114. The largest absolute Gasteiger partial charge is 0.459 e. The van der Waals surface area contributed by atoms with Gasteiger partial charge < -0.3 is 10.1 Å². The van der Waals surface area contributed by atoms with Crippen molar-refractivity contribution < 1.29 is 19.1 Å². The minimum atomic E-state index is -0.934. The molecule has 1 amide bonds. The van der Waals surface area contributed by atoms with E-state index in [-0.39, 0.29) is 24.9 Å². The van der Waals surface area contributed by atoms with Crippen molar-refractivity contribution in [1.29, 1.82) is 0 Å². The Kier molecular flexibility index (Phi) is 3.62. The second-order valence-corrected chi connectivity index (χ2v) is 3.14. The van der Waals surface area contributed by atoms with Gasteiger partial charge in [0.15, 0.2) is 5.78 Å². The number of ketones is 1. The number of Topliss-reactive ketones (excluding diaryl/α,β-unsaturated/α-hetero) is 1. The first kappa shape index (κ1) is 10.7. The van der Waals surface area contributed by atoms with Crippen molar-refractivity contribution in [3.8, 4) is 0 Å². The molecule has 0 aromatic rings. The zero-order valence-corrected chi connectivity index (χ0v) is 8.04. The first-order valence-electron chi connectivity index (χ1n) is 4.62. The molecule has 0 bridgehead atoms. The Hall–Kier alpha value is -1.39. The first-order chi connectivity index (χ1) is 6.65. The Morgan fingerprint density at radius 3 is 2.50 bits per heavy atom. The molecule has 0 heterocycles. The predicted molar refractivity (Wildman–Crippen MR) is 47.4 cm³/mol. The van der Waals surface area contributed by atoms with Gasteiger partial charge in [0, 0.05) is 5.92 Å². The molecule has 0 aromatic carbocycles. The summed E-state index contributed by atoms with van der Waals surface area (Å²) in [5.41, 5.74) is 0. The third-order valence-corrected chi connectivity index (χ3v) is 1.92. The fraction of sp³-hybridized carbons (Fsp3) is 0.667. The highest BCUT2D eigenvalue weighted by molar-refractivity contribution is 6.32. The lowest BCUT2D eigenvalue weighted by Gasteiger charge is -2.02. The summed E-state index contributed by atoms with van der Waals surface area (Å²) in [6, 6.07) is 0. The van der Waals surface area contributed by atoms with Crippen LogP contribution in [0.3, 0.4) is 0 Å². The highest BCUT2D eigenvalue weighted by Gasteiger charge is 2.29. The molecule has 0 spiro atoms. The molecule has 5 heteroatoms. The molecule has 1 aliphatic rings. The Morgan fingerprint density at radius 1 is 1.36 bits per heavy atom. The molecule has 14 heavy (non-hydrogen) atoms. The van der Waals surface area contributed by atoms with Gasteiger partial charge >= 0.3 is 11.9 Å². The summed E-state index contributed by atoms with van der Waals surface area (Å²) in [7, 11) is 0. The van der Waals surface area contributed by atoms with Gasteiger partial charge in [0.1, 0.15) is 0 Å². The van der Waals surface area contributed by atoms with E-state index in [4.69, 9.17) is 0 Å². The Balaban J connectivity index is 2.19. The van der Waals surface area contributed by atoms with Crippen molar-refractivity contribution in [2.45, 2.75) is 19.8 Å². The van der Waals surface area contributed by atoms with Crippen molar-refractivity contribution in [3.05, 3.63) is 0 Å². The predicted octanol–water partition coefficient (Wildman–Crippen LogP) is -0.355. The molecule has 1 aliphatic carbocycles. The van der Waals surface area contributed by atoms with E-state index in [2.05, 4.69) is 10.1 Å². The Labute approximate surface area is 81.8 Å². The van der Waals surface area contributed by atoms with Crippen LogP contribution in [0.1, 0.15) is 19.8 Å². The maximum Gasteiger partial charge on any atom is 0.396 e. The van der Waals surface area contributed by atoms with E-state index in [1.54, 1.807) is 6.92 Å². The van der Waals surface area contributed by atoms with Crippen LogP contribution in [0.15, 0.2) is 0 Å². The van der Waals surface area contributed by atoms with Crippen molar-refractivity contribution in [1.82, 2.24) is 5.32 Å². The van der Waals surface area contributed by atoms with Crippen LogP contribution in [-0.2, 0) is 19.1 Å². The highest BCUT2D eigenvalue weighted by Crippen LogP contribution is 2.29. The number of ether oxygens (including phenoxy) is 1. The zero-order valence-electron chi connectivity index (χ0n) is 8.04. The van der Waals surface area contributed by atoms with Gasteiger partial charge in [-0.2, -0.15) is 0 Å². The third-order valence-electron chi connectivity index (χ3n) is 1.92. The molecular weight excluding hydrogens is 186 g/mol. The van der Waals surface area contributed by atoms with Crippen LogP contribution >= 0.6 is 0 Å². The molecule has 1 rings (SSSR count). The van der Waals surface area contributed by atoms with E-state index < -0.39 is 11.9 Å². The van der Waals surface area contributed by atoms with Gasteiger partial charge in [-0.1, -0.05) is 0 Å². The molecule has 0 saturated heterocycles. The fourth-order valence-electron chi connectivity index (χ4n) is 0.986. The number of rotatable bonds is 4. The molecule has 1 saturated carbocycles. The van der Waals surface area contributed by atoms with Crippen molar-refractivity contribution in [2.75, 3.05) is 13.2 Å². The average Bonchev–Trinajstić information content (AvgIpc) is 2.97. The lowest BCUT2D eigenvalue weighted by molar-refractivity contribution is -0.154. The van der Waals surface area contributed by atoms with Crippen LogP contribution in [0.5, 0.6) is 0 Å². The summed E-state index contributed by atoms with van der Waals surface area (Å²) in [6.45, 7) is 1.70. The van der Waals surface area contributed by atoms with Crippen LogP contribution in [0.2, 0.25) is 0 Å². The third kappa shape index (κ3) is 3.16. The van der Waals surface area contributed by atoms with Crippen molar-refractivity contribution >= 4 is 17.7 Å². The highest BCUT2D eigenvalue weighted by atomic mass is 16.5. The van der Waals surface area contributed by atoms with Crippen LogP contribution in [-0.4, -0.2) is 30.8 Å². The number of carbonyl (C=O) groups is 3. The van der Waals surface area contributed by atoms with Crippen molar-refractivity contribution in [3.63, 3.8) is 0 Å². The van der Waals surface area contributed by atoms with Gasteiger partial charge in [-0.3, -0.25) is 9.59 Å². The molecule has 0 radical (unpaired) electrons. The maximum absolute atomic E-state index is 11.1. The van der Waals surface area contributed by atoms with Gasteiger partial charge in [0.25, 0.3) is 0 Å². The SMILES string of the molecule is CCOC(=O)C(=O)NCC(=O)C1CC1. The molecule has 1 N–H and O–H groups in total. The smallest absolute Gasteiger partial charge is 0.396 e. The molecular formula is C9H13NO4. The molecule has 0 atom stereocenters. The van der Waals surface area contributed by atoms with Gasteiger partial charge in [-0.05, 0) is 19.8 Å². The number of esters is 1. The van der Waals surface area contributed by atoms with Gasteiger partial charge in [0.2, 0.25) is 0 Å². The number of amides is 1. The lowest BCUT2D eigenvalue weighted by atomic mass is 10.2. The first-order valence-corrected chi connectivity index (χ1v) is 4.62. The van der Waals surface area contributed by atoms with E-state index in [9.17, 15) is 14.4 Å². The van der Waals surface area contributed by atoms with Crippen LogP contribution < -0.4 is 5.32 Å². The number of carbonyl (C=O) groups excluding carboxylic acids is 3. The van der Waals surface area contributed by atoms with Gasteiger partial charge in [-0.25, -0.2) is 4.79 Å². The topological polar surface area (TPSA) is 72.5 Å². The summed E-state index contributed by atoms with van der Waals surface area (Å²) >= 11 is 0. The number of hydrogen-bond donors (Lipinski definition) is 1. The monoisotopic (exact) mass is 199 g/mol. The van der Waals surface area contributed by atoms with E-state index >= 15 is 0 Å². The number of nitrogens with one attached hydrogen (secondary N) is 1. The van der Waals surface area contributed by atoms with Gasteiger partial charge in [0.05, 0.1) is 13.2 Å². The maximum atomic E-state index is 11.1. The minimum Gasteiger partial charge on any atom is -0.459 e. The van der Waals surface area contributed by atoms with E-state index in [0.29, 0.717) is 0 Å². The molecule has 0 aliphatic heterocycles. The van der Waals surface area contributed by atoms with Gasteiger partial charge in [-0.15, -0.1) is 0 Å². The Bertz CT molecular complexity index is 258. The summed E-state index contributed by atoms with van der Waals surface area (Å²) in [6.07, 6.45) is 1.79. The van der Waals surface area contributed by atoms with E-state index in [0.717, 1.165) is 12.8 Å². The summed E-state index contributed by atoms with van der Waals surface area (Å²) in [5, 5.41) is 2.23. The van der Waals surface area contributed by atoms with Crippen LogP contribution in [0.25, 0.3) is 0 Å². The molecule has 0 unspecified atom stereocenters. The van der Waals surface area contributed by atoms with Crippen LogP contribution in [0.4, 0.5) is 0 Å². The summed E-state index contributed by atoms with van der Waals surface area (Å²) in [5.74, 6) is -1.70.